The molecule has 4 rings (SSSR count). The smallest absolute Gasteiger partial charge is 0.259 e. The van der Waals surface area contributed by atoms with Crippen LogP contribution in [0.4, 0.5) is 5.82 Å². The number of pyridine rings is 2. The zero-order valence-corrected chi connectivity index (χ0v) is 25.8. The van der Waals surface area contributed by atoms with E-state index in [2.05, 4.69) is 10.3 Å². The van der Waals surface area contributed by atoms with Crippen molar-refractivity contribution < 1.29 is 14.3 Å². The number of rotatable bonds is 9. The molecule has 3 aromatic rings. The number of nitrogens with zero attached hydrogens (tertiary/aromatic N) is 4. The molecule has 1 fully saturated rings. The third-order valence-corrected chi connectivity index (χ3v) is 7.82. The highest BCUT2D eigenvalue weighted by atomic mass is 35.5. The van der Waals surface area contributed by atoms with E-state index in [0.717, 1.165) is 10.9 Å². The predicted octanol–water partition coefficient (Wildman–Crippen LogP) is 5.49. The van der Waals surface area contributed by atoms with Gasteiger partial charge in [0.2, 0.25) is 5.91 Å². The van der Waals surface area contributed by atoms with Crippen molar-refractivity contribution in [1.82, 2.24) is 19.4 Å². The van der Waals surface area contributed by atoms with Crippen molar-refractivity contribution in [3.63, 3.8) is 0 Å². The Bertz CT molecular complexity index is 1480. The molecule has 0 radical (unpaired) electrons. The van der Waals surface area contributed by atoms with Crippen LogP contribution in [0.1, 0.15) is 32.7 Å². The lowest BCUT2D eigenvalue weighted by Gasteiger charge is -2.33. The molecule has 0 aliphatic carbocycles. The first-order valence-corrected chi connectivity index (χ1v) is 14.3. The fourth-order valence-corrected chi connectivity index (χ4v) is 5.79. The summed E-state index contributed by atoms with van der Waals surface area (Å²) in [6.45, 7) is 5.82. The highest BCUT2D eigenvalue weighted by Crippen LogP contribution is 2.45. The Hall–Kier alpha value is -3.27. The molecule has 1 amide bonds. The van der Waals surface area contributed by atoms with E-state index in [4.69, 9.17) is 32.7 Å². The third kappa shape index (κ3) is 6.63. The van der Waals surface area contributed by atoms with Crippen molar-refractivity contribution in [2.45, 2.75) is 38.8 Å². The number of hydrogen-bond acceptors (Lipinski definition) is 7. The van der Waals surface area contributed by atoms with Crippen molar-refractivity contribution in [1.29, 1.82) is 0 Å². The molecule has 1 saturated heterocycles. The predicted molar refractivity (Wildman–Crippen MR) is 166 cm³/mol. The van der Waals surface area contributed by atoms with Crippen molar-refractivity contribution >= 4 is 45.8 Å². The summed E-state index contributed by atoms with van der Waals surface area (Å²) in [5.74, 6) is 1.34. The number of anilines is 1. The lowest BCUT2D eigenvalue weighted by Crippen LogP contribution is -2.40. The molecule has 2 aromatic heterocycles. The molecule has 0 saturated carbocycles. The van der Waals surface area contributed by atoms with E-state index >= 15 is 0 Å². The number of aromatic nitrogens is 2. The van der Waals surface area contributed by atoms with Crippen molar-refractivity contribution in [3.8, 4) is 22.6 Å². The van der Waals surface area contributed by atoms with Gasteiger partial charge in [0.15, 0.2) is 0 Å². The van der Waals surface area contributed by atoms with E-state index in [-0.39, 0.29) is 33.6 Å². The van der Waals surface area contributed by atoms with E-state index in [1.54, 1.807) is 29.0 Å². The molecular formula is C30H37Cl2N5O4. The van der Waals surface area contributed by atoms with Crippen LogP contribution in [0, 0.1) is 0 Å². The lowest BCUT2D eigenvalue weighted by molar-refractivity contribution is -0.127. The Morgan fingerprint density at radius 3 is 2.32 bits per heavy atom. The van der Waals surface area contributed by atoms with Gasteiger partial charge in [0.1, 0.15) is 17.3 Å². The minimum atomic E-state index is -0.242. The summed E-state index contributed by atoms with van der Waals surface area (Å²) in [6.07, 6.45) is 6.46. The van der Waals surface area contributed by atoms with Crippen LogP contribution in [0.15, 0.2) is 41.3 Å². The van der Waals surface area contributed by atoms with E-state index in [1.165, 1.54) is 14.2 Å². The van der Waals surface area contributed by atoms with Crippen LogP contribution in [-0.2, 0) is 4.79 Å². The zero-order valence-electron chi connectivity index (χ0n) is 24.3. The molecule has 41 heavy (non-hydrogen) atoms. The number of carbonyl (C=O) groups is 1. The van der Waals surface area contributed by atoms with Crippen molar-refractivity contribution in [2.24, 2.45) is 0 Å². The highest BCUT2D eigenvalue weighted by Gasteiger charge is 2.28. The molecule has 1 aliphatic rings. The van der Waals surface area contributed by atoms with Crippen molar-refractivity contribution in [2.75, 3.05) is 53.3 Å². The minimum Gasteiger partial charge on any atom is -0.495 e. The number of amides is 1. The highest BCUT2D eigenvalue weighted by molar-refractivity contribution is 6.41. The Morgan fingerprint density at radius 2 is 1.76 bits per heavy atom. The van der Waals surface area contributed by atoms with E-state index < -0.39 is 0 Å². The zero-order chi connectivity index (χ0) is 29.8. The molecule has 11 heteroatoms. The molecule has 0 bridgehead atoms. The molecule has 1 aliphatic heterocycles. The van der Waals surface area contributed by atoms with Crippen LogP contribution >= 0.6 is 23.2 Å². The van der Waals surface area contributed by atoms with Crippen LogP contribution in [0.25, 0.3) is 22.0 Å². The number of halogens is 2. The van der Waals surface area contributed by atoms with Crippen LogP contribution in [-0.4, -0.2) is 79.2 Å². The number of methoxy groups -OCH3 is 2. The van der Waals surface area contributed by atoms with E-state index in [1.807, 2.05) is 49.9 Å². The molecule has 9 nitrogen and oxygen atoms in total. The SMILES string of the molecule is COc1cc(OC)c(Cl)c(-c2cc3cnc(NC(C)C)cc3n(C3CCN(C(=O)C=CCN(C)C)CC3)c2=O)c1Cl. The molecule has 3 heterocycles. The summed E-state index contributed by atoms with van der Waals surface area (Å²) in [6, 6.07) is 5.27. The number of fused-ring (bicyclic) bond motifs is 1. The number of ether oxygens (including phenoxy) is 2. The largest absolute Gasteiger partial charge is 0.495 e. The molecule has 0 spiro atoms. The quantitative estimate of drug-likeness (QED) is 0.324. The molecule has 1 N–H and O–H groups in total. The van der Waals surface area contributed by atoms with Gasteiger partial charge in [-0.15, -0.1) is 0 Å². The van der Waals surface area contributed by atoms with Gasteiger partial charge in [0, 0.05) is 67.1 Å². The van der Waals surface area contributed by atoms with Crippen LogP contribution in [0.3, 0.4) is 0 Å². The van der Waals surface area contributed by atoms with E-state index in [0.29, 0.717) is 60.9 Å². The van der Waals surface area contributed by atoms with Crippen molar-refractivity contribution in [3.05, 3.63) is 56.9 Å². The average molecular weight is 603 g/mol. The van der Waals surface area contributed by atoms with Gasteiger partial charge < -0.3 is 29.2 Å². The number of hydrogen-bond donors (Lipinski definition) is 1. The van der Waals surface area contributed by atoms with Gasteiger partial charge >= 0.3 is 0 Å². The molecule has 0 atom stereocenters. The van der Waals surface area contributed by atoms with Gasteiger partial charge in [-0.3, -0.25) is 9.59 Å². The van der Waals surface area contributed by atoms with Gasteiger partial charge in [-0.25, -0.2) is 4.98 Å². The van der Waals surface area contributed by atoms with Crippen LogP contribution in [0.5, 0.6) is 11.5 Å². The van der Waals surface area contributed by atoms with Gasteiger partial charge in [-0.05, 0) is 46.9 Å². The number of benzene rings is 1. The monoisotopic (exact) mass is 601 g/mol. The molecular weight excluding hydrogens is 565 g/mol. The standard InChI is InChI=1S/C30H37Cl2N5O4/c1-18(2)34-25-15-22-19(17-33-25)14-21(27-28(31)23(40-5)16-24(41-6)29(27)32)30(39)37(22)20-9-12-36(13-10-20)26(38)8-7-11-35(3)4/h7-8,14-18,20H,9-13H2,1-6H3,(H,33,34). The Kier molecular flexibility index (Phi) is 9.84. The summed E-state index contributed by atoms with van der Waals surface area (Å²) < 4.78 is 12.7. The maximum absolute atomic E-state index is 14.4. The fraction of sp³-hybridized carbons (Fsp3) is 0.433. The maximum atomic E-state index is 14.4. The Labute approximate surface area is 250 Å². The molecule has 1 aromatic carbocycles. The van der Waals surface area contributed by atoms with Gasteiger partial charge in [0.25, 0.3) is 5.56 Å². The lowest BCUT2D eigenvalue weighted by atomic mass is 10.00. The number of likely N-dealkylation sites (N-methyl/N-ethyl adjacent to an activating group) is 1. The number of piperidine rings is 1. The minimum absolute atomic E-state index is 0.0223. The third-order valence-electron chi connectivity index (χ3n) is 7.07. The summed E-state index contributed by atoms with van der Waals surface area (Å²) in [5, 5.41) is 4.52. The normalized spacial score (nSPS) is 14.4. The Morgan fingerprint density at radius 1 is 1.12 bits per heavy atom. The summed E-state index contributed by atoms with van der Waals surface area (Å²) in [4.78, 5) is 35.5. The number of carbonyl (C=O) groups excluding carboxylic acids is 1. The van der Waals surface area contributed by atoms with Gasteiger partial charge in [-0.1, -0.05) is 29.3 Å². The van der Waals surface area contributed by atoms with Gasteiger partial charge in [-0.2, -0.15) is 0 Å². The molecule has 0 unspecified atom stereocenters. The topological polar surface area (TPSA) is 88.9 Å². The number of nitrogens with one attached hydrogen (secondary N) is 1. The second-order valence-corrected chi connectivity index (χ2v) is 11.4. The molecule has 220 valence electrons. The van der Waals surface area contributed by atoms with Crippen LogP contribution < -0.4 is 20.3 Å². The fourth-order valence-electron chi connectivity index (χ4n) is 5.08. The number of likely N-dealkylation sites (tertiary alicyclic amines) is 1. The first-order chi connectivity index (χ1) is 19.5. The van der Waals surface area contributed by atoms with Gasteiger partial charge in [0.05, 0.1) is 35.3 Å². The second-order valence-electron chi connectivity index (χ2n) is 10.7. The summed E-state index contributed by atoms with van der Waals surface area (Å²) in [5.41, 5.74) is 1.16. The second kappa shape index (κ2) is 13.1. The van der Waals surface area contributed by atoms with Crippen LogP contribution in [0.2, 0.25) is 10.0 Å². The first-order valence-electron chi connectivity index (χ1n) is 13.6. The van der Waals surface area contributed by atoms with E-state index in [9.17, 15) is 9.59 Å². The summed E-state index contributed by atoms with van der Waals surface area (Å²) >= 11 is 13.5. The first kappa shape index (κ1) is 30.7. The maximum Gasteiger partial charge on any atom is 0.259 e. The summed E-state index contributed by atoms with van der Waals surface area (Å²) in [7, 11) is 6.90. The Balaban J connectivity index is 1.83. The average Bonchev–Trinajstić information content (AvgIpc) is 2.93.